The molecule has 0 bridgehead atoms. The highest BCUT2D eigenvalue weighted by Gasteiger charge is 2.22. The van der Waals surface area contributed by atoms with Gasteiger partial charge in [0, 0.05) is 18.7 Å². The van der Waals surface area contributed by atoms with Gasteiger partial charge in [-0.1, -0.05) is 20.3 Å². The Labute approximate surface area is 111 Å². The van der Waals surface area contributed by atoms with E-state index in [1.165, 1.54) is 31.5 Å². The van der Waals surface area contributed by atoms with Gasteiger partial charge in [0.1, 0.15) is 11.5 Å². The van der Waals surface area contributed by atoms with E-state index in [1.54, 1.807) is 0 Å². The number of rotatable bonds is 6. The number of nitrogens with one attached hydrogen (secondary N) is 1. The average Bonchev–Trinajstić information content (AvgIpc) is 2.94. The molecule has 3 heteroatoms. The Kier molecular flexibility index (Phi) is 4.84. The van der Waals surface area contributed by atoms with E-state index in [1.807, 2.05) is 0 Å². The minimum absolute atomic E-state index is 0.891. The van der Waals surface area contributed by atoms with Gasteiger partial charge in [0.25, 0.3) is 0 Å². The Morgan fingerprint density at radius 3 is 2.94 bits per heavy atom. The van der Waals surface area contributed by atoms with Crippen LogP contribution in [0.25, 0.3) is 0 Å². The van der Waals surface area contributed by atoms with Crippen molar-refractivity contribution < 1.29 is 4.42 Å². The first-order valence-corrected chi connectivity index (χ1v) is 7.24. The first-order chi connectivity index (χ1) is 8.72. The zero-order chi connectivity index (χ0) is 13.0. The van der Waals surface area contributed by atoms with Crippen LogP contribution in [0.3, 0.4) is 0 Å². The molecule has 1 atom stereocenters. The van der Waals surface area contributed by atoms with E-state index in [0.717, 1.165) is 37.1 Å². The highest BCUT2D eigenvalue weighted by atomic mass is 16.3. The number of nitrogens with zero attached hydrogens (tertiary/aromatic N) is 1. The van der Waals surface area contributed by atoms with Gasteiger partial charge in [-0.15, -0.1) is 0 Å². The molecule has 0 aliphatic carbocycles. The summed E-state index contributed by atoms with van der Waals surface area (Å²) in [5.41, 5.74) is 1.30. The van der Waals surface area contributed by atoms with Gasteiger partial charge in [0.05, 0.1) is 6.54 Å². The van der Waals surface area contributed by atoms with E-state index >= 15 is 0 Å². The molecule has 0 radical (unpaired) electrons. The van der Waals surface area contributed by atoms with Crippen molar-refractivity contribution in [3.8, 4) is 0 Å². The summed E-state index contributed by atoms with van der Waals surface area (Å²) >= 11 is 0. The molecule has 1 unspecified atom stereocenters. The Morgan fingerprint density at radius 2 is 2.28 bits per heavy atom. The summed E-state index contributed by atoms with van der Waals surface area (Å²) in [4.78, 5) is 2.52. The molecular weight excluding hydrogens is 224 g/mol. The van der Waals surface area contributed by atoms with Crippen LogP contribution in [0.4, 0.5) is 0 Å². The molecule has 2 rings (SSSR count). The van der Waals surface area contributed by atoms with Crippen LogP contribution in [-0.4, -0.2) is 24.5 Å². The van der Waals surface area contributed by atoms with Gasteiger partial charge in [-0.05, 0) is 38.4 Å². The molecule has 102 valence electrons. The molecule has 18 heavy (non-hydrogen) atoms. The predicted octanol–water partition coefficient (Wildman–Crippen LogP) is 2.93. The predicted molar refractivity (Wildman–Crippen MR) is 74.5 cm³/mol. The number of hydrogen-bond acceptors (Lipinski definition) is 3. The van der Waals surface area contributed by atoms with E-state index in [0.29, 0.717) is 0 Å². The van der Waals surface area contributed by atoms with E-state index in [-0.39, 0.29) is 0 Å². The Morgan fingerprint density at radius 1 is 1.44 bits per heavy atom. The monoisotopic (exact) mass is 250 g/mol. The molecule has 0 saturated carbocycles. The maximum Gasteiger partial charge on any atom is 0.118 e. The van der Waals surface area contributed by atoms with Gasteiger partial charge < -0.3 is 9.73 Å². The third-order valence-corrected chi connectivity index (χ3v) is 3.96. The highest BCUT2D eigenvalue weighted by molar-refractivity contribution is 5.20. The van der Waals surface area contributed by atoms with Crippen molar-refractivity contribution in [2.45, 2.75) is 46.7 Å². The van der Waals surface area contributed by atoms with Gasteiger partial charge in [-0.25, -0.2) is 0 Å². The van der Waals surface area contributed by atoms with Crippen molar-refractivity contribution in [2.24, 2.45) is 5.92 Å². The van der Waals surface area contributed by atoms with Gasteiger partial charge >= 0.3 is 0 Å². The fourth-order valence-corrected chi connectivity index (χ4v) is 2.71. The average molecular weight is 250 g/mol. The maximum atomic E-state index is 5.86. The number of furan rings is 1. The molecular formula is C15H26N2O. The Bertz CT molecular complexity index is 373. The van der Waals surface area contributed by atoms with Gasteiger partial charge in [-0.3, -0.25) is 4.90 Å². The van der Waals surface area contributed by atoms with Crippen LogP contribution in [0.15, 0.2) is 10.5 Å². The summed E-state index contributed by atoms with van der Waals surface area (Å²) in [6.45, 7) is 11.8. The minimum Gasteiger partial charge on any atom is -0.465 e. The lowest BCUT2D eigenvalue weighted by Gasteiger charge is -2.13. The van der Waals surface area contributed by atoms with E-state index in [2.05, 4.69) is 37.1 Å². The second kappa shape index (κ2) is 6.39. The summed E-state index contributed by atoms with van der Waals surface area (Å²) in [6.07, 6.45) is 2.65. The zero-order valence-corrected chi connectivity index (χ0v) is 12.0. The summed E-state index contributed by atoms with van der Waals surface area (Å²) in [6, 6.07) is 2.22. The quantitative estimate of drug-likeness (QED) is 0.841. The SMILES string of the molecule is CCNCc1cc(CN2CCC(CC)C2)oc1C. The second-order valence-electron chi connectivity index (χ2n) is 5.37. The van der Waals surface area contributed by atoms with Crippen LogP contribution in [-0.2, 0) is 13.1 Å². The van der Waals surface area contributed by atoms with Crippen LogP contribution in [0, 0.1) is 12.8 Å². The molecule has 0 amide bonds. The van der Waals surface area contributed by atoms with Crippen molar-refractivity contribution in [3.63, 3.8) is 0 Å². The zero-order valence-electron chi connectivity index (χ0n) is 12.0. The van der Waals surface area contributed by atoms with Crippen LogP contribution < -0.4 is 5.32 Å². The van der Waals surface area contributed by atoms with Crippen LogP contribution in [0.1, 0.15) is 43.8 Å². The summed E-state index contributed by atoms with van der Waals surface area (Å²) in [5, 5.41) is 3.35. The summed E-state index contributed by atoms with van der Waals surface area (Å²) in [7, 11) is 0. The smallest absolute Gasteiger partial charge is 0.118 e. The van der Waals surface area contributed by atoms with Crippen molar-refractivity contribution >= 4 is 0 Å². The summed E-state index contributed by atoms with van der Waals surface area (Å²) < 4.78 is 5.86. The molecule has 3 nitrogen and oxygen atoms in total. The lowest BCUT2D eigenvalue weighted by Crippen LogP contribution is -2.19. The van der Waals surface area contributed by atoms with E-state index in [9.17, 15) is 0 Å². The maximum absolute atomic E-state index is 5.86. The number of aryl methyl sites for hydroxylation is 1. The third kappa shape index (κ3) is 3.36. The first kappa shape index (κ1) is 13.6. The second-order valence-corrected chi connectivity index (χ2v) is 5.37. The van der Waals surface area contributed by atoms with Gasteiger partial charge in [0.2, 0.25) is 0 Å². The fourth-order valence-electron chi connectivity index (χ4n) is 2.71. The fraction of sp³-hybridized carbons (Fsp3) is 0.733. The normalized spacial score (nSPS) is 20.7. The number of likely N-dealkylation sites (tertiary alicyclic amines) is 1. The number of hydrogen-bond donors (Lipinski definition) is 1. The van der Waals surface area contributed by atoms with Crippen molar-refractivity contribution in [1.29, 1.82) is 0 Å². The first-order valence-electron chi connectivity index (χ1n) is 7.24. The minimum atomic E-state index is 0.891. The lowest BCUT2D eigenvalue weighted by molar-refractivity contribution is 0.283. The van der Waals surface area contributed by atoms with Crippen LogP contribution in [0.5, 0.6) is 0 Å². The molecule has 1 saturated heterocycles. The van der Waals surface area contributed by atoms with Gasteiger partial charge in [-0.2, -0.15) is 0 Å². The highest BCUT2D eigenvalue weighted by Crippen LogP contribution is 2.23. The summed E-state index contributed by atoms with van der Waals surface area (Å²) in [5.74, 6) is 3.08. The van der Waals surface area contributed by atoms with Crippen molar-refractivity contribution in [3.05, 3.63) is 23.2 Å². The van der Waals surface area contributed by atoms with Crippen LogP contribution in [0.2, 0.25) is 0 Å². The molecule has 1 N–H and O–H groups in total. The Hall–Kier alpha value is -0.800. The van der Waals surface area contributed by atoms with Gasteiger partial charge in [0.15, 0.2) is 0 Å². The van der Waals surface area contributed by atoms with E-state index < -0.39 is 0 Å². The molecule has 1 fully saturated rings. The molecule has 0 aromatic carbocycles. The van der Waals surface area contributed by atoms with Crippen molar-refractivity contribution in [1.82, 2.24) is 10.2 Å². The molecule has 2 heterocycles. The Balaban J connectivity index is 1.90. The van der Waals surface area contributed by atoms with E-state index in [4.69, 9.17) is 4.42 Å². The van der Waals surface area contributed by atoms with Crippen LogP contribution >= 0.6 is 0 Å². The molecule has 1 aliphatic rings. The third-order valence-electron chi connectivity index (χ3n) is 3.96. The molecule has 0 spiro atoms. The molecule has 1 aromatic rings. The topological polar surface area (TPSA) is 28.4 Å². The lowest BCUT2D eigenvalue weighted by atomic mass is 10.1. The van der Waals surface area contributed by atoms with Crippen molar-refractivity contribution in [2.75, 3.05) is 19.6 Å². The largest absolute Gasteiger partial charge is 0.465 e. The standard InChI is InChI=1S/C15H26N2O/c1-4-13-6-7-17(10-13)11-15-8-14(9-16-5-2)12(3)18-15/h8,13,16H,4-7,9-11H2,1-3H3. The molecule has 1 aliphatic heterocycles. The molecule has 1 aromatic heterocycles.